The van der Waals surface area contributed by atoms with E-state index in [9.17, 15) is 14.8 Å². The van der Waals surface area contributed by atoms with Crippen LogP contribution in [0.15, 0.2) is 47.6 Å². The van der Waals surface area contributed by atoms with Gasteiger partial charge in [0.05, 0.1) is 11.3 Å². The van der Waals surface area contributed by atoms with E-state index in [0.29, 0.717) is 27.7 Å². The van der Waals surface area contributed by atoms with Crippen LogP contribution in [0.2, 0.25) is 0 Å². The van der Waals surface area contributed by atoms with E-state index in [1.807, 2.05) is 24.3 Å². The van der Waals surface area contributed by atoms with Crippen LogP contribution in [0.3, 0.4) is 0 Å². The van der Waals surface area contributed by atoms with Crippen LogP contribution in [0.1, 0.15) is 10.4 Å². The van der Waals surface area contributed by atoms with Crippen LogP contribution in [0.25, 0.3) is 32.2 Å². The molecule has 0 spiro atoms. The highest BCUT2D eigenvalue weighted by molar-refractivity contribution is 7.21. The van der Waals surface area contributed by atoms with Crippen LogP contribution in [0.4, 0.5) is 5.69 Å². The van der Waals surface area contributed by atoms with Crippen LogP contribution in [-0.4, -0.2) is 27.6 Å². The predicted octanol–water partition coefficient (Wildman–Crippen LogP) is 4.33. The molecule has 4 rings (SSSR count). The molecule has 6 nitrogen and oxygen atoms in total. The van der Waals surface area contributed by atoms with Crippen LogP contribution in [0, 0.1) is 4.91 Å². The zero-order chi connectivity index (χ0) is 17.6. The Balaban J connectivity index is 2.03. The van der Waals surface area contributed by atoms with Gasteiger partial charge < -0.3 is 15.2 Å². The molecule has 2 heterocycles. The molecule has 0 atom stereocenters. The number of carbonyl (C=O) groups is 1. The Kier molecular flexibility index (Phi) is 3.60. The molecule has 0 fully saturated rings. The van der Waals surface area contributed by atoms with E-state index < -0.39 is 12.4 Å². The van der Waals surface area contributed by atoms with Crippen LogP contribution < -0.4 is 0 Å². The van der Waals surface area contributed by atoms with E-state index in [4.69, 9.17) is 5.11 Å². The minimum Gasteiger partial charge on any atom is -0.499 e. The summed E-state index contributed by atoms with van der Waals surface area (Å²) in [6.07, 6.45) is 0. The molecule has 0 saturated carbocycles. The SMILES string of the molecule is O=Nc1c(-c2c(O)sc3ccccc23)[nH]c2ccc(C(=O)CO)cc12. The fourth-order valence-electron chi connectivity index (χ4n) is 2.99. The molecule has 4 aromatic rings. The number of hydrogen-bond donors (Lipinski definition) is 3. The Bertz CT molecular complexity index is 1140. The highest BCUT2D eigenvalue weighted by Gasteiger charge is 2.22. The number of thiophene rings is 1. The van der Waals surface area contributed by atoms with Crippen LogP contribution >= 0.6 is 11.3 Å². The van der Waals surface area contributed by atoms with Gasteiger partial charge in [0, 0.05) is 26.6 Å². The third-order valence-electron chi connectivity index (χ3n) is 4.15. The summed E-state index contributed by atoms with van der Waals surface area (Å²) < 4.78 is 0.890. The standard InChI is InChI=1S/C18H12N2O4S/c21-8-13(22)9-5-6-12-11(7-9)16(20-24)17(19-12)15-10-3-1-2-4-14(10)25-18(15)23/h1-7,19,21,23H,8H2. The maximum absolute atomic E-state index is 11.7. The minimum atomic E-state index is -0.609. The second-order valence-electron chi connectivity index (χ2n) is 5.56. The Morgan fingerprint density at radius 3 is 2.72 bits per heavy atom. The van der Waals surface area contributed by atoms with Crippen molar-refractivity contribution >= 4 is 43.8 Å². The molecule has 0 bridgehead atoms. The van der Waals surface area contributed by atoms with Gasteiger partial charge in [-0.2, -0.15) is 0 Å². The van der Waals surface area contributed by atoms with Gasteiger partial charge in [0.25, 0.3) is 0 Å². The summed E-state index contributed by atoms with van der Waals surface area (Å²) >= 11 is 1.22. The fraction of sp³-hybridized carbons (Fsp3) is 0.0556. The average molecular weight is 352 g/mol. The molecule has 0 amide bonds. The topological polar surface area (TPSA) is 103 Å². The Morgan fingerprint density at radius 2 is 1.96 bits per heavy atom. The molecule has 124 valence electrons. The summed E-state index contributed by atoms with van der Waals surface area (Å²) in [5.74, 6) is -0.440. The van der Waals surface area contributed by atoms with E-state index in [1.54, 1.807) is 12.1 Å². The molecular weight excluding hydrogens is 340 g/mol. The number of aliphatic hydroxyl groups excluding tert-OH is 1. The lowest BCUT2D eigenvalue weighted by molar-refractivity contribution is 0.0904. The zero-order valence-electron chi connectivity index (χ0n) is 12.8. The number of aromatic nitrogens is 1. The third-order valence-corrected chi connectivity index (χ3v) is 5.13. The van der Waals surface area contributed by atoms with Gasteiger partial charge in [-0.3, -0.25) is 4.79 Å². The lowest BCUT2D eigenvalue weighted by Crippen LogP contribution is -2.03. The molecule has 25 heavy (non-hydrogen) atoms. The van der Waals surface area contributed by atoms with Crippen molar-refractivity contribution in [3.05, 3.63) is 52.9 Å². The number of aromatic amines is 1. The highest BCUT2D eigenvalue weighted by atomic mass is 32.1. The van der Waals surface area contributed by atoms with E-state index >= 15 is 0 Å². The summed E-state index contributed by atoms with van der Waals surface area (Å²) in [5.41, 5.74) is 1.97. The number of aromatic hydroxyl groups is 1. The molecule has 0 aliphatic heterocycles. The molecule has 0 aliphatic rings. The molecule has 0 radical (unpaired) electrons. The molecule has 2 aromatic carbocycles. The summed E-state index contributed by atoms with van der Waals surface area (Å²) in [6, 6.07) is 12.2. The van der Waals surface area contributed by atoms with Gasteiger partial charge in [0.1, 0.15) is 12.3 Å². The summed E-state index contributed by atoms with van der Waals surface area (Å²) in [7, 11) is 0. The largest absolute Gasteiger partial charge is 0.499 e. The molecule has 2 aromatic heterocycles. The van der Waals surface area contributed by atoms with Crippen molar-refractivity contribution in [2.75, 3.05) is 6.61 Å². The highest BCUT2D eigenvalue weighted by Crippen LogP contribution is 2.48. The first-order valence-electron chi connectivity index (χ1n) is 7.48. The number of benzene rings is 2. The number of carbonyl (C=O) groups excluding carboxylic acids is 1. The smallest absolute Gasteiger partial charge is 0.188 e. The fourth-order valence-corrected chi connectivity index (χ4v) is 3.94. The van der Waals surface area contributed by atoms with E-state index in [0.717, 1.165) is 10.1 Å². The van der Waals surface area contributed by atoms with Gasteiger partial charge in [0.15, 0.2) is 10.8 Å². The van der Waals surface area contributed by atoms with Crippen molar-refractivity contribution in [2.45, 2.75) is 0 Å². The van der Waals surface area contributed by atoms with Gasteiger partial charge >= 0.3 is 0 Å². The van der Waals surface area contributed by atoms with Gasteiger partial charge in [-0.25, -0.2) is 0 Å². The van der Waals surface area contributed by atoms with Crippen molar-refractivity contribution < 1.29 is 15.0 Å². The first-order valence-corrected chi connectivity index (χ1v) is 8.29. The summed E-state index contributed by atoms with van der Waals surface area (Å²) in [5, 5.41) is 23.9. The Hall–Kier alpha value is -3.03. The first-order chi connectivity index (χ1) is 12.1. The monoisotopic (exact) mass is 352 g/mol. The van der Waals surface area contributed by atoms with Crippen molar-refractivity contribution in [1.82, 2.24) is 4.98 Å². The zero-order valence-corrected chi connectivity index (χ0v) is 13.6. The maximum atomic E-state index is 11.7. The van der Waals surface area contributed by atoms with Gasteiger partial charge in [-0.05, 0) is 29.4 Å². The van der Waals surface area contributed by atoms with E-state index in [-0.39, 0.29) is 10.8 Å². The molecule has 0 unspecified atom stereocenters. The number of nitrogens with one attached hydrogen (secondary N) is 1. The van der Waals surface area contributed by atoms with Crippen molar-refractivity contribution in [3.8, 4) is 16.3 Å². The van der Waals surface area contributed by atoms with Gasteiger partial charge in [-0.1, -0.05) is 29.5 Å². The average Bonchev–Trinajstić information content (AvgIpc) is 3.15. The molecule has 0 saturated heterocycles. The van der Waals surface area contributed by atoms with Crippen molar-refractivity contribution in [3.63, 3.8) is 0 Å². The number of rotatable bonds is 4. The molecule has 3 N–H and O–H groups in total. The summed E-state index contributed by atoms with van der Waals surface area (Å²) in [4.78, 5) is 26.3. The normalized spacial score (nSPS) is 11.2. The number of H-pyrrole nitrogens is 1. The van der Waals surface area contributed by atoms with Gasteiger partial charge in [-0.15, -0.1) is 4.91 Å². The number of ketones is 1. The second kappa shape index (κ2) is 5.80. The summed E-state index contributed by atoms with van der Waals surface area (Å²) in [6.45, 7) is -0.609. The van der Waals surface area contributed by atoms with Crippen molar-refractivity contribution in [1.29, 1.82) is 0 Å². The lowest BCUT2D eigenvalue weighted by atomic mass is 10.1. The number of hydrogen-bond acceptors (Lipinski definition) is 6. The number of fused-ring (bicyclic) bond motifs is 2. The lowest BCUT2D eigenvalue weighted by Gasteiger charge is -1.99. The third kappa shape index (κ3) is 2.33. The minimum absolute atomic E-state index is 0.0873. The Labute approximate surface area is 145 Å². The first kappa shape index (κ1) is 15.5. The van der Waals surface area contributed by atoms with Crippen LogP contribution in [-0.2, 0) is 0 Å². The second-order valence-corrected chi connectivity index (χ2v) is 6.59. The molecule has 7 heteroatoms. The number of nitrogens with zero attached hydrogens (tertiary/aromatic N) is 1. The van der Waals surface area contributed by atoms with Crippen molar-refractivity contribution in [2.24, 2.45) is 5.18 Å². The molecular formula is C18H12N2O4S. The maximum Gasteiger partial charge on any atom is 0.188 e. The molecule has 0 aliphatic carbocycles. The Morgan fingerprint density at radius 1 is 1.16 bits per heavy atom. The predicted molar refractivity (Wildman–Crippen MR) is 97.7 cm³/mol. The number of Topliss-reactive ketones (excluding diaryl/α,β-unsaturated/α-hetero) is 1. The van der Waals surface area contributed by atoms with Crippen LogP contribution in [0.5, 0.6) is 5.06 Å². The number of aliphatic hydroxyl groups is 1. The van der Waals surface area contributed by atoms with Gasteiger partial charge in [0.2, 0.25) is 0 Å². The quantitative estimate of drug-likeness (QED) is 0.376. The number of nitroso groups, excluding NO2 is 1. The van der Waals surface area contributed by atoms with E-state index in [1.165, 1.54) is 17.4 Å². The van der Waals surface area contributed by atoms with E-state index in [2.05, 4.69) is 10.2 Å².